The minimum absolute atomic E-state index is 0.152. The minimum Gasteiger partial charge on any atom is -0.383 e. The Balaban J connectivity index is 1.75. The highest BCUT2D eigenvalue weighted by molar-refractivity contribution is 5.82. The maximum atomic E-state index is 6.33. The highest BCUT2D eigenvalue weighted by atomic mass is 15.1. The zero-order valence-electron chi connectivity index (χ0n) is 15.1. The summed E-state index contributed by atoms with van der Waals surface area (Å²) in [4.78, 5) is 13.7. The first-order chi connectivity index (χ1) is 13.0. The molecule has 0 aliphatic heterocycles. The molecular weight excluding hydrogens is 336 g/mol. The van der Waals surface area contributed by atoms with Crippen molar-refractivity contribution in [2.24, 2.45) is 5.73 Å². The van der Waals surface area contributed by atoms with E-state index in [4.69, 9.17) is 21.4 Å². The molecule has 1 saturated carbocycles. The van der Waals surface area contributed by atoms with Crippen LogP contribution in [0.15, 0.2) is 54.7 Å². The summed E-state index contributed by atoms with van der Waals surface area (Å²) in [5, 5.41) is 0. The summed E-state index contributed by atoms with van der Waals surface area (Å²) in [5.41, 5.74) is 17.8. The van der Waals surface area contributed by atoms with Crippen LogP contribution in [0.5, 0.6) is 0 Å². The highest BCUT2D eigenvalue weighted by Gasteiger charge is 2.39. The lowest BCUT2D eigenvalue weighted by molar-refractivity contribution is 0.740. The number of rotatable bonds is 3. The molecule has 5 rings (SSSR count). The first kappa shape index (κ1) is 16.0. The third kappa shape index (κ3) is 2.57. The smallest absolute Gasteiger partial charge is 0.165 e. The lowest BCUT2D eigenvalue weighted by Crippen LogP contribution is -2.18. The minimum atomic E-state index is -0.152. The average molecular weight is 356 g/mol. The largest absolute Gasteiger partial charge is 0.383 e. The Morgan fingerprint density at radius 2 is 1.78 bits per heavy atom. The van der Waals surface area contributed by atoms with E-state index in [1.807, 2.05) is 35.8 Å². The van der Waals surface area contributed by atoms with Crippen molar-refractivity contribution in [2.45, 2.75) is 25.3 Å². The number of fused-ring (bicyclic) bond motifs is 1. The van der Waals surface area contributed by atoms with E-state index in [-0.39, 0.29) is 5.54 Å². The topological polar surface area (TPSA) is 95.6 Å². The number of nitrogens with two attached hydrogens (primary N) is 2. The van der Waals surface area contributed by atoms with Crippen molar-refractivity contribution < 1.29 is 0 Å². The van der Waals surface area contributed by atoms with Gasteiger partial charge in [-0.15, -0.1) is 0 Å². The number of anilines is 1. The van der Waals surface area contributed by atoms with Crippen LogP contribution in [0.1, 0.15) is 24.1 Å². The molecule has 0 amide bonds. The van der Waals surface area contributed by atoms with Crippen LogP contribution in [0.2, 0.25) is 0 Å². The summed E-state index contributed by atoms with van der Waals surface area (Å²) in [7, 11) is 0. The van der Waals surface area contributed by atoms with Crippen molar-refractivity contribution in [3.63, 3.8) is 0 Å². The fourth-order valence-electron chi connectivity index (χ4n) is 3.45. The second kappa shape index (κ2) is 5.62. The Bertz CT molecular complexity index is 1160. The highest BCUT2D eigenvalue weighted by Crippen LogP contribution is 2.43. The molecule has 27 heavy (non-hydrogen) atoms. The maximum absolute atomic E-state index is 6.33. The van der Waals surface area contributed by atoms with Crippen LogP contribution < -0.4 is 11.5 Å². The number of nitrogen functional groups attached to an aromatic ring is 1. The molecule has 0 spiro atoms. The summed E-state index contributed by atoms with van der Waals surface area (Å²) in [6, 6.07) is 16.1. The molecule has 0 unspecified atom stereocenters. The quantitative estimate of drug-likeness (QED) is 0.587. The van der Waals surface area contributed by atoms with Crippen LogP contribution >= 0.6 is 0 Å². The van der Waals surface area contributed by atoms with E-state index < -0.39 is 0 Å². The summed E-state index contributed by atoms with van der Waals surface area (Å²) in [6.45, 7) is 1.98. The van der Waals surface area contributed by atoms with Crippen LogP contribution in [0.3, 0.4) is 0 Å². The summed E-state index contributed by atoms with van der Waals surface area (Å²) in [5.74, 6) is 1.18. The molecule has 0 saturated heterocycles. The van der Waals surface area contributed by atoms with Crippen molar-refractivity contribution >= 4 is 17.0 Å². The van der Waals surface area contributed by atoms with Gasteiger partial charge in [0.1, 0.15) is 11.3 Å². The maximum Gasteiger partial charge on any atom is 0.165 e. The van der Waals surface area contributed by atoms with Gasteiger partial charge >= 0.3 is 0 Å². The van der Waals surface area contributed by atoms with E-state index in [9.17, 15) is 0 Å². The molecule has 3 heterocycles. The summed E-state index contributed by atoms with van der Waals surface area (Å²) < 4.78 is 2.04. The fourth-order valence-corrected chi connectivity index (χ4v) is 3.45. The molecule has 0 bridgehead atoms. The van der Waals surface area contributed by atoms with E-state index in [1.54, 1.807) is 6.20 Å². The molecule has 134 valence electrons. The molecular formula is C21H20N6. The molecule has 6 nitrogen and oxygen atoms in total. The van der Waals surface area contributed by atoms with Crippen LogP contribution in [0.25, 0.3) is 28.2 Å². The third-order valence-corrected chi connectivity index (χ3v) is 5.21. The van der Waals surface area contributed by atoms with E-state index in [0.717, 1.165) is 46.8 Å². The molecule has 6 heteroatoms. The van der Waals surface area contributed by atoms with Crippen molar-refractivity contribution in [3.8, 4) is 17.1 Å². The monoisotopic (exact) mass is 356 g/mol. The van der Waals surface area contributed by atoms with Gasteiger partial charge in [0.25, 0.3) is 0 Å². The van der Waals surface area contributed by atoms with Gasteiger partial charge in [-0.05, 0) is 61.7 Å². The van der Waals surface area contributed by atoms with Gasteiger partial charge in [-0.1, -0.05) is 12.1 Å². The first-order valence-corrected chi connectivity index (χ1v) is 9.02. The standard InChI is InChI=1S/C21H20N6/c1-13-4-9-17-20(25-13)27(19(26-17)16-3-2-12-24-18(16)22)15-7-5-14(6-8-15)21(23)10-11-21/h2-9,12H,10-11,23H2,1H3,(H2,22,24). The second-order valence-corrected chi connectivity index (χ2v) is 7.21. The Morgan fingerprint density at radius 1 is 1.00 bits per heavy atom. The molecule has 1 aliphatic carbocycles. The van der Waals surface area contributed by atoms with Crippen LogP contribution in [-0.4, -0.2) is 19.5 Å². The van der Waals surface area contributed by atoms with Gasteiger partial charge in [0, 0.05) is 23.1 Å². The Labute approximate surface area is 156 Å². The second-order valence-electron chi connectivity index (χ2n) is 7.21. The Hall–Kier alpha value is -3.25. The normalized spacial score (nSPS) is 15.2. The lowest BCUT2D eigenvalue weighted by Gasteiger charge is -2.13. The van der Waals surface area contributed by atoms with E-state index in [2.05, 4.69) is 29.2 Å². The number of nitrogens with zero attached hydrogens (tertiary/aromatic N) is 4. The van der Waals surface area contributed by atoms with Gasteiger partial charge in [0.05, 0.1) is 5.56 Å². The number of hydrogen-bond donors (Lipinski definition) is 2. The van der Waals surface area contributed by atoms with Gasteiger partial charge in [-0.3, -0.25) is 4.57 Å². The van der Waals surface area contributed by atoms with Gasteiger partial charge in [0.2, 0.25) is 0 Å². The van der Waals surface area contributed by atoms with Crippen LogP contribution in [-0.2, 0) is 5.54 Å². The third-order valence-electron chi connectivity index (χ3n) is 5.21. The molecule has 0 radical (unpaired) electrons. The van der Waals surface area contributed by atoms with Crippen molar-refractivity contribution in [2.75, 3.05) is 5.73 Å². The van der Waals surface area contributed by atoms with Gasteiger partial charge in [0.15, 0.2) is 11.5 Å². The predicted octanol–water partition coefficient (Wildman–Crippen LogP) is 3.32. The van der Waals surface area contributed by atoms with Gasteiger partial charge in [-0.2, -0.15) is 0 Å². The zero-order chi connectivity index (χ0) is 18.6. The number of aromatic nitrogens is 4. The summed E-state index contributed by atoms with van der Waals surface area (Å²) >= 11 is 0. The SMILES string of the molecule is Cc1ccc2nc(-c3cccnc3N)n(-c3ccc(C4(N)CC4)cc3)c2n1. The number of pyridine rings is 2. The number of imidazole rings is 1. The van der Waals surface area contributed by atoms with Gasteiger partial charge in [-0.25, -0.2) is 15.0 Å². The number of benzene rings is 1. The van der Waals surface area contributed by atoms with Crippen molar-refractivity contribution in [1.29, 1.82) is 0 Å². The number of aryl methyl sites for hydroxylation is 1. The Kier molecular flexibility index (Phi) is 3.32. The summed E-state index contributed by atoms with van der Waals surface area (Å²) in [6.07, 6.45) is 3.76. The molecule has 0 atom stereocenters. The predicted molar refractivity (Wildman–Crippen MR) is 106 cm³/mol. The van der Waals surface area contributed by atoms with Crippen molar-refractivity contribution in [3.05, 3.63) is 66.0 Å². The molecule has 1 aliphatic rings. The molecule has 1 fully saturated rings. The molecule has 4 aromatic rings. The van der Waals surface area contributed by atoms with Gasteiger partial charge < -0.3 is 11.5 Å². The molecule has 4 N–H and O–H groups in total. The van der Waals surface area contributed by atoms with E-state index in [0.29, 0.717) is 5.82 Å². The number of hydrogen-bond acceptors (Lipinski definition) is 5. The Morgan fingerprint density at radius 3 is 2.48 bits per heavy atom. The first-order valence-electron chi connectivity index (χ1n) is 9.02. The zero-order valence-corrected chi connectivity index (χ0v) is 15.1. The fraction of sp³-hybridized carbons (Fsp3) is 0.190. The molecule has 1 aromatic carbocycles. The average Bonchev–Trinajstić information content (AvgIpc) is 3.32. The van der Waals surface area contributed by atoms with Crippen molar-refractivity contribution in [1.82, 2.24) is 19.5 Å². The van der Waals surface area contributed by atoms with Crippen LogP contribution in [0, 0.1) is 6.92 Å². The van der Waals surface area contributed by atoms with E-state index in [1.165, 1.54) is 5.56 Å². The lowest BCUT2D eigenvalue weighted by atomic mass is 10.1. The molecule has 3 aromatic heterocycles. The van der Waals surface area contributed by atoms with Crippen LogP contribution in [0.4, 0.5) is 5.82 Å². The van der Waals surface area contributed by atoms with E-state index >= 15 is 0 Å².